The van der Waals surface area contributed by atoms with Crippen molar-refractivity contribution in [1.82, 2.24) is 14.5 Å². The van der Waals surface area contributed by atoms with Crippen LogP contribution < -0.4 is 15.0 Å². The maximum Gasteiger partial charge on any atom is 0.262 e. The number of carbonyl (C=O) groups is 1. The van der Waals surface area contributed by atoms with Crippen LogP contribution in [0.25, 0.3) is 10.2 Å². The van der Waals surface area contributed by atoms with Gasteiger partial charge in [-0.15, -0.1) is 11.3 Å². The second-order valence-corrected chi connectivity index (χ2v) is 8.43. The number of aryl methyl sites for hydroxylation is 3. The summed E-state index contributed by atoms with van der Waals surface area (Å²) in [5.74, 6) is 1.36. The van der Waals surface area contributed by atoms with Gasteiger partial charge in [0.2, 0.25) is 5.91 Å². The third-order valence-corrected chi connectivity index (χ3v) is 6.31. The lowest BCUT2D eigenvalue weighted by molar-refractivity contribution is -0.131. The van der Waals surface area contributed by atoms with Crippen molar-refractivity contribution in [2.75, 3.05) is 20.2 Å². The number of amides is 1. The van der Waals surface area contributed by atoms with Gasteiger partial charge in [-0.2, -0.15) is 0 Å². The van der Waals surface area contributed by atoms with Gasteiger partial charge in [-0.05, 0) is 31.5 Å². The number of aromatic nitrogens is 2. The first-order valence-electron chi connectivity index (χ1n) is 9.51. The van der Waals surface area contributed by atoms with Gasteiger partial charge < -0.3 is 14.4 Å². The minimum atomic E-state index is -0.226. The van der Waals surface area contributed by atoms with Crippen molar-refractivity contribution in [3.63, 3.8) is 0 Å². The van der Waals surface area contributed by atoms with Crippen LogP contribution in [-0.2, 0) is 11.3 Å². The zero-order chi connectivity index (χ0) is 20.5. The van der Waals surface area contributed by atoms with E-state index in [9.17, 15) is 9.59 Å². The van der Waals surface area contributed by atoms with Crippen LogP contribution in [0.15, 0.2) is 35.4 Å². The van der Waals surface area contributed by atoms with Crippen molar-refractivity contribution < 1.29 is 14.3 Å². The zero-order valence-corrected chi connectivity index (χ0v) is 17.5. The van der Waals surface area contributed by atoms with E-state index < -0.39 is 0 Å². The molecule has 0 spiro atoms. The Balaban J connectivity index is 1.37. The molecule has 0 saturated carbocycles. The molecule has 0 fully saturated rings. The number of benzene rings is 1. The van der Waals surface area contributed by atoms with E-state index in [0.29, 0.717) is 30.8 Å². The van der Waals surface area contributed by atoms with E-state index >= 15 is 0 Å². The average Bonchev–Trinajstić information content (AvgIpc) is 3.01. The molecule has 1 aliphatic rings. The standard InChI is InChI=1S/C21H23N3O4S/c1-13-14(2)29-20-19(13)21(26)24(12-22-20)9-8-18(25)23(3)10-15-11-27-16-6-4-5-7-17(16)28-15/h4-7,12,15H,8-11H2,1-3H3/t15-/m0/s1. The summed E-state index contributed by atoms with van der Waals surface area (Å²) >= 11 is 1.52. The Morgan fingerprint density at radius 1 is 1.31 bits per heavy atom. The number of hydrogen-bond acceptors (Lipinski definition) is 6. The van der Waals surface area contributed by atoms with E-state index in [2.05, 4.69) is 4.98 Å². The molecule has 2 aromatic heterocycles. The Labute approximate surface area is 172 Å². The van der Waals surface area contributed by atoms with Gasteiger partial charge in [0.05, 0.1) is 18.3 Å². The molecular weight excluding hydrogens is 390 g/mol. The lowest BCUT2D eigenvalue weighted by atomic mass is 10.2. The molecule has 4 rings (SSSR count). The van der Waals surface area contributed by atoms with Crippen molar-refractivity contribution in [2.24, 2.45) is 0 Å². The molecule has 0 unspecified atom stereocenters. The van der Waals surface area contributed by atoms with Gasteiger partial charge >= 0.3 is 0 Å². The lowest BCUT2D eigenvalue weighted by Crippen LogP contribution is -2.42. The van der Waals surface area contributed by atoms with Crippen LogP contribution in [0.5, 0.6) is 11.5 Å². The van der Waals surface area contributed by atoms with Crippen LogP contribution >= 0.6 is 11.3 Å². The largest absolute Gasteiger partial charge is 0.486 e. The average molecular weight is 413 g/mol. The smallest absolute Gasteiger partial charge is 0.262 e. The van der Waals surface area contributed by atoms with Crippen molar-refractivity contribution in [1.29, 1.82) is 0 Å². The fourth-order valence-corrected chi connectivity index (χ4v) is 4.38. The van der Waals surface area contributed by atoms with E-state index in [1.165, 1.54) is 22.2 Å². The molecule has 3 heterocycles. The first kappa shape index (κ1) is 19.4. The van der Waals surface area contributed by atoms with Gasteiger partial charge in [-0.25, -0.2) is 4.98 Å². The molecule has 152 valence electrons. The van der Waals surface area contributed by atoms with Crippen LogP contribution in [0.2, 0.25) is 0 Å². The molecule has 0 aliphatic carbocycles. The molecule has 0 saturated heterocycles. The number of hydrogen-bond donors (Lipinski definition) is 0. The molecule has 8 heteroatoms. The summed E-state index contributed by atoms with van der Waals surface area (Å²) in [6.45, 7) is 5.03. The maximum atomic E-state index is 12.7. The summed E-state index contributed by atoms with van der Waals surface area (Å²) in [4.78, 5) is 33.2. The molecule has 1 amide bonds. The van der Waals surface area contributed by atoms with Crippen molar-refractivity contribution in [3.05, 3.63) is 51.4 Å². The van der Waals surface area contributed by atoms with E-state index in [1.807, 2.05) is 38.1 Å². The number of rotatable bonds is 5. The minimum Gasteiger partial charge on any atom is -0.486 e. The predicted molar refractivity (Wildman–Crippen MR) is 112 cm³/mol. The quantitative estimate of drug-likeness (QED) is 0.643. The molecule has 0 N–H and O–H groups in total. The molecule has 1 aromatic carbocycles. The van der Waals surface area contributed by atoms with Crippen LogP contribution in [0.4, 0.5) is 0 Å². The Hall–Kier alpha value is -2.87. The highest BCUT2D eigenvalue weighted by atomic mass is 32.1. The zero-order valence-electron chi connectivity index (χ0n) is 16.7. The predicted octanol–water partition coefficient (Wildman–Crippen LogP) is 2.76. The van der Waals surface area contributed by atoms with Gasteiger partial charge in [-0.1, -0.05) is 12.1 Å². The molecule has 1 aliphatic heterocycles. The number of nitrogens with zero attached hydrogens (tertiary/aromatic N) is 3. The second-order valence-electron chi connectivity index (χ2n) is 7.23. The Bertz CT molecular complexity index is 1120. The summed E-state index contributed by atoms with van der Waals surface area (Å²) in [6.07, 6.45) is 1.52. The van der Waals surface area contributed by atoms with Gasteiger partial charge in [0.1, 0.15) is 11.4 Å². The normalized spacial score (nSPS) is 15.5. The summed E-state index contributed by atoms with van der Waals surface area (Å²) in [5, 5.41) is 0.655. The van der Waals surface area contributed by atoms with Gasteiger partial charge in [0, 0.05) is 24.9 Å². The molecular formula is C21H23N3O4S. The highest BCUT2D eigenvalue weighted by molar-refractivity contribution is 7.18. The van der Waals surface area contributed by atoms with E-state index in [0.717, 1.165) is 21.0 Å². The van der Waals surface area contributed by atoms with Gasteiger partial charge in [0.25, 0.3) is 5.56 Å². The van der Waals surface area contributed by atoms with E-state index in [-0.39, 0.29) is 24.0 Å². The number of fused-ring (bicyclic) bond motifs is 2. The number of para-hydroxylation sites is 2. The molecule has 7 nitrogen and oxygen atoms in total. The van der Waals surface area contributed by atoms with E-state index in [1.54, 1.807) is 11.9 Å². The summed E-state index contributed by atoms with van der Waals surface area (Å²) in [7, 11) is 1.74. The highest BCUT2D eigenvalue weighted by Crippen LogP contribution is 2.31. The van der Waals surface area contributed by atoms with Gasteiger partial charge in [0.15, 0.2) is 17.6 Å². The minimum absolute atomic E-state index is 0.0577. The van der Waals surface area contributed by atoms with Crippen molar-refractivity contribution >= 4 is 27.5 Å². The van der Waals surface area contributed by atoms with Crippen molar-refractivity contribution in [3.8, 4) is 11.5 Å². The third-order valence-electron chi connectivity index (χ3n) is 5.19. The number of carbonyl (C=O) groups excluding carboxylic acids is 1. The molecule has 0 bridgehead atoms. The van der Waals surface area contributed by atoms with E-state index in [4.69, 9.17) is 9.47 Å². The van der Waals surface area contributed by atoms with Crippen LogP contribution in [0.3, 0.4) is 0 Å². The highest BCUT2D eigenvalue weighted by Gasteiger charge is 2.23. The molecule has 0 radical (unpaired) electrons. The summed E-state index contributed by atoms with van der Waals surface area (Å²) in [6, 6.07) is 7.50. The van der Waals surface area contributed by atoms with Gasteiger partial charge in [-0.3, -0.25) is 14.2 Å². The first-order valence-corrected chi connectivity index (χ1v) is 10.3. The number of ether oxygens (including phenoxy) is 2. The SMILES string of the molecule is Cc1sc2ncn(CCC(=O)N(C)C[C@H]3COc4ccccc4O3)c(=O)c2c1C. The molecule has 3 aromatic rings. The lowest BCUT2D eigenvalue weighted by Gasteiger charge is -2.29. The maximum absolute atomic E-state index is 12.7. The molecule has 1 atom stereocenters. The second kappa shape index (κ2) is 7.87. The van der Waals surface area contributed by atoms with Crippen LogP contribution in [0.1, 0.15) is 16.9 Å². The summed E-state index contributed by atoms with van der Waals surface area (Å²) < 4.78 is 13.1. The fraction of sp³-hybridized carbons (Fsp3) is 0.381. The Morgan fingerprint density at radius 3 is 2.86 bits per heavy atom. The van der Waals surface area contributed by atoms with Crippen LogP contribution in [0, 0.1) is 13.8 Å². The number of likely N-dealkylation sites (N-methyl/N-ethyl adjacent to an activating group) is 1. The fourth-order valence-electron chi connectivity index (χ4n) is 3.40. The topological polar surface area (TPSA) is 73.7 Å². The Kier molecular flexibility index (Phi) is 5.27. The first-order chi connectivity index (χ1) is 13.9. The third kappa shape index (κ3) is 3.85. The monoisotopic (exact) mass is 413 g/mol. The molecule has 29 heavy (non-hydrogen) atoms. The van der Waals surface area contributed by atoms with Crippen LogP contribution in [-0.4, -0.2) is 46.7 Å². The Morgan fingerprint density at radius 2 is 2.07 bits per heavy atom. The van der Waals surface area contributed by atoms with Crippen molar-refractivity contribution in [2.45, 2.75) is 32.9 Å². The number of thiophene rings is 1. The summed E-state index contributed by atoms with van der Waals surface area (Å²) in [5.41, 5.74) is 0.878.